The van der Waals surface area contributed by atoms with Crippen LogP contribution in [0.3, 0.4) is 0 Å². The summed E-state index contributed by atoms with van der Waals surface area (Å²) in [4.78, 5) is 0.559. The third-order valence-electron chi connectivity index (χ3n) is 2.55. The molecule has 0 saturated carbocycles. The van der Waals surface area contributed by atoms with E-state index < -0.39 is 0 Å². The van der Waals surface area contributed by atoms with Crippen molar-refractivity contribution in [1.29, 1.82) is 0 Å². The van der Waals surface area contributed by atoms with E-state index in [0.29, 0.717) is 10.7 Å². The van der Waals surface area contributed by atoms with Crippen molar-refractivity contribution in [2.45, 2.75) is 38.4 Å². The summed E-state index contributed by atoms with van der Waals surface area (Å²) in [6.07, 6.45) is 2.17. The van der Waals surface area contributed by atoms with Crippen LogP contribution < -0.4 is 0 Å². The Morgan fingerprint density at radius 2 is 2.07 bits per heavy atom. The van der Waals surface area contributed by atoms with Gasteiger partial charge in [0.2, 0.25) is 0 Å². The number of rotatable bonds is 4. The summed E-state index contributed by atoms with van der Waals surface area (Å²) in [6.45, 7) is 6.44. The number of hydrogen-bond donors (Lipinski definition) is 0. The number of alkyl halides is 1. The highest BCUT2D eigenvalue weighted by Crippen LogP contribution is 2.24. The van der Waals surface area contributed by atoms with Gasteiger partial charge in [0.15, 0.2) is 0 Å². The Balaban J connectivity index is 2.71. The molecular weight excluding hydrogens is 275 g/mol. The van der Waals surface area contributed by atoms with Gasteiger partial charge in [-0.3, -0.25) is 4.68 Å². The number of nitrogens with zero attached hydrogens (tertiary/aromatic N) is 2. The molecule has 0 fully saturated rings. The van der Waals surface area contributed by atoms with Crippen molar-refractivity contribution in [3.63, 3.8) is 0 Å². The zero-order chi connectivity index (χ0) is 11.6. The molecule has 0 radical (unpaired) electrons. The Morgan fingerprint density at radius 1 is 1.47 bits per heavy atom. The van der Waals surface area contributed by atoms with Gasteiger partial charge in [-0.15, -0.1) is 0 Å². The lowest BCUT2D eigenvalue weighted by atomic mass is 9.97. The van der Waals surface area contributed by atoms with Crippen molar-refractivity contribution in [2.24, 2.45) is 13.0 Å². The van der Waals surface area contributed by atoms with Crippen molar-refractivity contribution in [2.75, 3.05) is 0 Å². The fourth-order valence-electron chi connectivity index (χ4n) is 1.89. The van der Waals surface area contributed by atoms with Crippen LogP contribution in [0, 0.1) is 12.8 Å². The van der Waals surface area contributed by atoms with Gasteiger partial charge >= 0.3 is 0 Å². The zero-order valence-corrected chi connectivity index (χ0v) is 12.1. The molecule has 0 aromatic carbocycles. The highest BCUT2D eigenvalue weighted by Gasteiger charge is 2.15. The predicted molar refractivity (Wildman–Crippen MR) is 68.8 cm³/mol. The Bertz CT molecular complexity index is 334. The lowest BCUT2D eigenvalue weighted by molar-refractivity contribution is 0.531. The van der Waals surface area contributed by atoms with Crippen LogP contribution in [-0.4, -0.2) is 14.6 Å². The molecule has 2 nitrogen and oxygen atoms in total. The van der Waals surface area contributed by atoms with Crippen molar-refractivity contribution >= 4 is 27.5 Å². The molecule has 2 atom stereocenters. The Labute approximate surface area is 105 Å². The van der Waals surface area contributed by atoms with Gasteiger partial charge in [0, 0.05) is 17.4 Å². The summed E-state index contributed by atoms with van der Waals surface area (Å²) in [5.41, 5.74) is 2.25. The fourth-order valence-corrected chi connectivity index (χ4v) is 2.78. The monoisotopic (exact) mass is 292 g/mol. The number of aryl methyl sites for hydroxylation is 2. The quantitative estimate of drug-likeness (QED) is 0.773. The second-order valence-electron chi connectivity index (χ2n) is 4.30. The standard InChI is InChI=1S/C11H18BrClN2/c1-7(5-8(2)12)6-10-9(3)14-15(4)11(10)13/h7-8H,5-6H2,1-4H3. The van der Waals surface area contributed by atoms with E-state index in [1.807, 2.05) is 14.0 Å². The highest BCUT2D eigenvalue weighted by molar-refractivity contribution is 9.09. The molecule has 86 valence electrons. The molecule has 0 bridgehead atoms. The van der Waals surface area contributed by atoms with E-state index in [1.165, 1.54) is 5.56 Å². The van der Waals surface area contributed by atoms with Crippen LogP contribution >= 0.6 is 27.5 Å². The van der Waals surface area contributed by atoms with E-state index in [4.69, 9.17) is 11.6 Å². The topological polar surface area (TPSA) is 17.8 Å². The number of halogens is 2. The van der Waals surface area contributed by atoms with E-state index >= 15 is 0 Å². The summed E-state index contributed by atoms with van der Waals surface area (Å²) < 4.78 is 1.75. The van der Waals surface area contributed by atoms with Gasteiger partial charge in [0.25, 0.3) is 0 Å². The van der Waals surface area contributed by atoms with E-state index in [9.17, 15) is 0 Å². The fraction of sp³-hybridized carbons (Fsp3) is 0.727. The normalized spacial score (nSPS) is 15.3. The van der Waals surface area contributed by atoms with Crippen LogP contribution in [0.2, 0.25) is 5.15 Å². The lowest BCUT2D eigenvalue weighted by Crippen LogP contribution is -2.06. The van der Waals surface area contributed by atoms with Gasteiger partial charge in [0.05, 0.1) is 5.69 Å². The Hall–Kier alpha value is -0.0200. The van der Waals surface area contributed by atoms with Gasteiger partial charge < -0.3 is 0 Å². The molecule has 0 N–H and O–H groups in total. The van der Waals surface area contributed by atoms with E-state index in [-0.39, 0.29) is 0 Å². The number of hydrogen-bond acceptors (Lipinski definition) is 1. The molecule has 1 heterocycles. The maximum atomic E-state index is 6.18. The van der Waals surface area contributed by atoms with E-state index in [0.717, 1.165) is 23.7 Å². The average Bonchev–Trinajstić information content (AvgIpc) is 2.31. The van der Waals surface area contributed by atoms with Crippen molar-refractivity contribution < 1.29 is 0 Å². The molecule has 0 saturated heterocycles. The molecule has 0 aliphatic heterocycles. The molecule has 15 heavy (non-hydrogen) atoms. The van der Waals surface area contributed by atoms with Crippen LogP contribution in [0.1, 0.15) is 31.5 Å². The van der Waals surface area contributed by atoms with Gasteiger partial charge in [-0.2, -0.15) is 5.10 Å². The molecular formula is C11H18BrClN2. The summed E-state index contributed by atoms with van der Waals surface area (Å²) in [5, 5.41) is 5.10. The van der Waals surface area contributed by atoms with Crippen LogP contribution in [-0.2, 0) is 13.5 Å². The lowest BCUT2D eigenvalue weighted by Gasteiger charge is -2.12. The molecule has 1 aromatic heterocycles. The summed E-state index contributed by atoms with van der Waals surface area (Å²) in [7, 11) is 1.89. The van der Waals surface area contributed by atoms with Crippen molar-refractivity contribution in [1.82, 2.24) is 9.78 Å². The largest absolute Gasteiger partial charge is 0.257 e. The third-order valence-corrected chi connectivity index (χ3v) is 3.40. The van der Waals surface area contributed by atoms with Gasteiger partial charge in [-0.1, -0.05) is 41.4 Å². The van der Waals surface area contributed by atoms with Gasteiger partial charge in [-0.25, -0.2) is 0 Å². The van der Waals surface area contributed by atoms with Crippen LogP contribution in [0.4, 0.5) is 0 Å². The predicted octanol–water partition coefficient (Wildman–Crippen LogP) is 3.73. The Morgan fingerprint density at radius 3 is 2.47 bits per heavy atom. The molecule has 0 aliphatic rings. The van der Waals surface area contributed by atoms with E-state index in [2.05, 4.69) is 34.9 Å². The first kappa shape index (κ1) is 13.0. The minimum Gasteiger partial charge on any atom is -0.257 e. The van der Waals surface area contributed by atoms with Crippen molar-refractivity contribution in [3.8, 4) is 0 Å². The number of aromatic nitrogens is 2. The maximum Gasteiger partial charge on any atom is 0.130 e. The van der Waals surface area contributed by atoms with Gasteiger partial charge in [0.1, 0.15) is 5.15 Å². The highest BCUT2D eigenvalue weighted by atomic mass is 79.9. The van der Waals surface area contributed by atoms with Crippen molar-refractivity contribution in [3.05, 3.63) is 16.4 Å². The molecule has 2 unspecified atom stereocenters. The van der Waals surface area contributed by atoms with Crippen LogP contribution in [0.25, 0.3) is 0 Å². The molecule has 1 aromatic rings. The summed E-state index contributed by atoms with van der Waals surface area (Å²) in [6, 6.07) is 0. The van der Waals surface area contributed by atoms with E-state index in [1.54, 1.807) is 4.68 Å². The third kappa shape index (κ3) is 3.49. The second-order valence-corrected chi connectivity index (χ2v) is 6.23. The zero-order valence-electron chi connectivity index (χ0n) is 9.72. The molecule has 1 rings (SSSR count). The van der Waals surface area contributed by atoms with Gasteiger partial charge in [-0.05, 0) is 25.7 Å². The SMILES string of the molecule is Cc1nn(C)c(Cl)c1CC(C)CC(C)Br. The maximum absolute atomic E-state index is 6.18. The first-order valence-electron chi connectivity index (χ1n) is 5.23. The summed E-state index contributed by atoms with van der Waals surface area (Å²) in [5.74, 6) is 0.625. The minimum atomic E-state index is 0.559. The molecule has 0 amide bonds. The molecule has 0 spiro atoms. The minimum absolute atomic E-state index is 0.559. The van der Waals surface area contributed by atoms with Crippen LogP contribution in [0.5, 0.6) is 0 Å². The molecule has 0 aliphatic carbocycles. The Kier molecular flexibility index (Phi) is 4.65. The second kappa shape index (κ2) is 5.35. The smallest absolute Gasteiger partial charge is 0.130 e. The summed E-state index contributed by atoms with van der Waals surface area (Å²) >= 11 is 9.76. The first-order chi connectivity index (χ1) is 6.91. The first-order valence-corrected chi connectivity index (χ1v) is 6.53. The van der Waals surface area contributed by atoms with Crippen LogP contribution in [0.15, 0.2) is 0 Å². The molecule has 4 heteroatoms. The average molecular weight is 294 g/mol.